The van der Waals surface area contributed by atoms with Crippen LogP contribution >= 0.6 is 0 Å². The van der Waals surface area contributed by atoms with E-state index in [1.165, 1.54) is 22.8 Å². The van der Waals surface area contributed by atoms with Gasteiger partial charge in [-0.2, -0.15) is 4.99 Å². The monoisotopic (exact) mass is 401 g/mol. The molecule has 2 heterocycles. The van der Waals surface area contributed by atoms with E-state index < -0.39 is 0 Å². The minimum atomic E-state index is 0.338. The van der Waals surface area contributed by atoms with Gasteiger partial charge < -0.3 is 9.13 Å². The van der Waals surface area contributed by atoms with Crippen LogP contribution in [0.1, 0.15) is 102 Å². The Morgan fingerprint density at radius 3 is 1.52 bits per heavy atom. The van der Waals surface area contributed by atoms with Gasteiger partial charge >= 0.3 is 5.95 Å². The SMILES string of the molecule is Cc1c(C)[n+](C(C)C)c(/N=C/N=c2n(C(C)C)c(C)c(C)n2C(C)C)n1C(C)C. The second-order valence-electron chi connectivity index (χ2n) is 9.17. The van der Waals surface area contributed by atoms with Crippen LogP contribution in [0.15, 0.2) is 9.98 Å². The molecule has 0 saturated heterocycles. The number of hydrogen-bond acceptors (Lipinski definition) is 1. The van der Waals surface area contributed by atoms with Crippen molar-refractivity contribution in [3.63, 3.8) is 0 Å². The van der Waals surface area contributed by atoms with Gasteiger partial charge in [0.05, 0.1) is 12.1 Å². The van der Waals surface area contributed by atoms with Crippen LogP contribution in [0.2, 0.25) is 0 Å². The smallest absolute Gasteiger partial charge is 0.312 e. The molecule has 0 radical (unpaired) electrons. The zero-order valence-electron chi connectivity index (χ0n) is 20.6. The molecule has 0 bridgehead atoms. The van der Waals surface area contributed by atoms with Gasteiger partial charge in [-0.1, -0.05) is 4.99 Å². The predicted molar refractivity (Wildman–Crippen MR) is 121 cm³/mol. The molecule has 0 atom stereocenters. The third kappa shape index (κ3) is 4.12. The summed E-state index contributed by atoms with van der Waals surface area (Å²) < 4.78 is 9.21. The largest absolute Gasteiger partial charge is 0.401 e. The molecule has 0 aliphatic heterocycles. The van der Waals surface area contributed by atoms with E-state index in [4.69, 9.17) is 9.98 Å². The van der Waals surface area contributed by atoms with Crippen molar-refractivity contribution in [1.29, 1.82) is 0 Å². The fourth-order valence-corrected chi connectivity index (χ4v) is 4.38. The molecule has 6 heteroatoms. The summed E-state index contributed by atoms with van der Waals surface area (Å²) in [6.45, 7) is 26.3. The molecule has 0 amide bonds. The standard InChI is InChI=1S/C23H41N6/c1-14(2)26-18(9)19(10)27(15(3)4)22(26)24-13-25-23-28(16(5)6)20(11)21(12)29(23)17(7)8/h13-17H,1-12H3/q+1. The molecule has 0 N–H and O–H groups in total. The lowest BCUT2D eigenvalue weighted by Crippen LogP contribution is -2.38. The number of aromatic nitrogens is 4. The maximum Gasteiger partial charge on any atom is 0.401 e. The average Bonchev–Trinajstić information content (AvgIpc) is 2.99. The summed E-state index contributed by atoms with van der Waals surface area (Å²) >= 11 is 0. The molecule has 162 valence electrons. The fourth-order valence-electron chi connectivity index (χ4n) is 4.38. The summed E-state index contributed by atoms with van der Waals surface area (Å²) in [6.07, 6.45) is 1.73. The van der Waals surface area contributed by atoms with Crippen LogP contribution in [-0.4, -0.2) is 20.0 Å². The lowest BCUT2D eigenvalue weighted by Gasteiger charge is -2.11. The van der Waals surface area contributed by atoms with E-state index in [9.17, 15) is 0 Å². The highest BCUT2D eigenvalue weighted by atomic mass is 15.3. The Morgan fingerprint density at radius 2 is 1.14 bits per heavy atom. The fraction of sp³-hybridized carbons (Fsp3) is 0.696. The third-order valence-corrected chi connectivity index (χ3v) is 5.77. The first-order chi connectivity index (χ1) is 13.4. The zero-order valence-corrected chi connectivity index (χ0v) is 20.6. The van der Waals surface area contributed by atoms with Crippen LogP contribution in [-0.2, 0) is 0 Å². The van der Waals surface area contributed by atoms with E-state index >= 15 is 0 Å². The molecular formula is C23H41N6+. The summed E-state index contributed by atoms with van der Waals surface area (Å²) in [5, 5.41) is 0. The van der Waals surface area contributed by atoms with Gasteiger partial charge in [-0.15, -0.1) is 0 Å². The normalized spacial score (nSPS) is 12.6. The second-order valence-corrected chi connectivity index (χ2v) is 9.17. The van der Waals surface area contributed by atoms with Crippen LogP contribution < -0.4 is 10.2 Å². The Bertz CT molecular complexity index is 895. The van der Waals surface area contributed by atoms with E-state index in [0.717, 1.165) is 11.6 Å². The van der Waals surface area contributed by atoms with Crippen molar-refractivity contribution in [3.8, 4) is 0 Å². The molecule has 6 nitrogen and oxygen atoms in total. The molecule has 0 unspecified atom stereocenters. The third-order valence-electron chi connectivity index (χ3n) is 5.77. The molecule has 29 heavy (non-hydrogen) atoms. The summed E-state index contributed by atoms with van der Waals surface area (Å²) in [5.74, 6) is 0.959. The Morgan fingerprint density at radius 1 is 0.690 bits per heavy atom. The van der Waals surface area contributed by atoms with Gasteiger partial charge in [-0.3, -0.25) is 0 Å². The number of hydrogen-bond donors (Lipinski definition) is 0. The highest BCUT2D eigenvalue weighted by Crippen LogP contribution is 2.23. The highest BCUT2D eigenvalue weighted by molar-refractivity contribution is 5.58. The minimum Gasteiger partial charge on any atom is -0.312 e. The quantitative estimate of drug-likeness (QED) is 0.363. The van der Waals surface area contributed by atoms with Crippen LogP contribution in [0.5, 0.6) is 0 Å². The number of aliphatic imine (C=N–C) groups is 1. The van der Waals surface area contributed by atoms with Crippen molar-refractivity contribution in [3.05, 3.63) is 28.4 Å². The first kappa shape index (κ1) is 23.2. The molecule has 2 aromatic rings. The first-order valence-corrected chi connectivity index (χ1v) is 10.9. The van der Waals surface area contributed by atoms with Gasteiger partial charge in [0, 0.05) is 23.5 Å². The molecule has 0 aromatic carbocycles. The topological polar surface area (TPSA) is 43.4 Å². The summed E-state index contributed by atoms with van der Waals surface area (Å²) in [4.78, 5) is 9.75. The van der Waals surface area contributed by atoms with Crippen LogP contribution in [0.4, 0.5) is 5.95 Å². The number of rotatable bonds is 6. The van der Waals surface area contributed by atoms with Crippen molar-refractivity contribution in [2.45, 2.75) is 107 Å². The number of nitrogens with zero attached hydrogens (tertiary/aromatic N) is 6. The van der Waals surface area contributed by atoms with Gasteiger partial charge in [0.15, 0.2) is 6.34 Å². The van der Waals surface area contributed by atoms with Crippen molar-refractivity contribution in [2.24, 2.45) is 9.98 Å². The second kappa shape index (κ2) is 8.72. The average molecular weight is 402 g/mol. The van der Waals surface area contributed by atoms with Gasteiger partial charge in [0.25, 0.3) is 0 Å². The van der Waals surface area contributed by atoms with Crippen molar-refractivity contribution in [2.75, 3.05) is 0 Å². The molecule has 0 fully saturated rings. The Labute approximate surface area is 176 Å². The van der Waals surface area contributed by atoms with E-state index in [-0.39, 0.29) is 0 Å². The minimum absolute atomic E-state index is 0.338. The molecule has 2 rings (SSSR count). The zero-order chi connectivity index (χ0) is 22.2. The Kier molecular flexibility index (Phi) is 6.97. The van der Waals surface area contributed by atoms with Crippen molar-refractivity contribution >= 4 is 12.3 Å². The summed E-state index contributed by atoms with van der Waals surface area (Å²) in [7, 11) is 0. The van der Waals surface area contributed by atoms with Crippen LogP contribution in [0.25, 0.3) is 0 Å². The van der Waals surface area contributed by atoms with Gasteiger partial charge in [0.1, 0.15) is 11.4 Å². The Balaban J connectivity index is 2.74. The highest BCUT2D eigenvalue weighted by Gasteiger charge is 2.27. The first-order valence-electron chi connectivity index (χ1n) is 10.9. The predicted octanol–water partition coefficient (Wildman–Crippen LogP) is 5.20. The van der Waals surface area contributed by atoms with Crippen molar-refractivity contribution < 1.29 is 4.57 Å². The van der Waals surface area contributed by atoms with Crippen molar-refractivity contribution in [1.82, 2.24) is 13.7 Å². The molecule has 0 spiro atoms. The number of imidazole rings is 2. The summed E-state index contributed by atoms with van der Waals surface area (Å²) in [5.41, 5.74) is 6.00. The maximum absolute atomic E-state index is 4.87. The molecular weight excluding hydrogens is 360 g/mol. The molecule has 2 aromatic heterocycles. The van der Waals surface area contributed by atoms with Gasteiger partial charge in [-0.05, 0) is 83.1 Å². The van der Waals surface area contributed by atoms with Gasteiger partial charge in [-0.25, -0.2) is 9.13 Å². The molecule has 0 saturated carbocycles. The van der Waals surface area contributed by atoms with Crippen LogP contribution in [0.3, 0.4) is 0 Å². The lowest BCUT2D eigenvalue weighted by molar-refractivity contribution is -0.708. The van der Waals surface area contributed by atoms with E-state index in [2.05, 4.69) is 101 Å². The molecule has 0 aliphatic rings. The van der Waals surface area contributed by atoms with Crippen LogP contribution in [0, 0.1) is 27.7 Å². The molecule has 0 aliphatic carbocycles. The Hall–Kier alpha value is -2.11. The summed E-state index contributed by atoms with van der Waals surface area (Å²) in [6, 6.07) is 1.35. The van der Waals surface area contributed by atoms with E-state index in [1.807, 2.05) is 0 Å². The van der Waals surface area contributed by atoms with E-state index in [1.54, 1.807) is 6.34 Å². The van der Waals surface area contributed by atoms with Gasteiger partial charge in [0.2, 0.25) is 5.62 Å². The lowest BCUT2D eigenvalue weighted by atomic mass is 10.3. The van der Waals surface area contributed by atoms with E-state index in [0.29, 0.717) is 24.2 Å². The maximum atomic E-state index is 4.87.